The average Bonchev–Trinajstić information content (AvgIpc) is 1.88. The fraction of sp³-hybridized carbons (Fsp3) is 0.143. The molecule has 60 valence electrons. The zero-order chi connectivity index (χ0) is 7.40. The number of pyridine rings is 1. The molecule has 0 fully saturated rings. The molecule has 1 amide bonds. The van der Waals surface area contributed by atoms with Crippen LogP contribution in [0.25, 0.3) is 0 Å². The van der Waals surface area contributed by atoms with Crippen LogP contribution in [0, 0.1) is 0 Å². The molecule has 0 spiro atoms. The predicted octanol–water partition coefficient (Wildman–Crippen LogP) is 0.531. The van der Waals surface area contributed by atoms with Crippen molar-refractivity contribution in [3.63, 3.8) is 0 Å². The van der Waals surface area contributed by atoms with Gasteiger partial charge in [0.15, 0.2) is 0 Å². The van der Waals surface area contributed by atoms with E-state index in [-0.39, 0.29) is 24.7 Å². The summed E-state index contributed by atoms with van der Waals surface area (Å²) in [5.74, 6) is -0.348. The van der Waals surface area contributed by atoms with Gasteiger partial charge in [-0.1, -0.05) is 6.07 Å². The lowest BCUT2D eigenvalue weighted by molar-refractivity contribution is -0.117. The molecule has 0 saturated carbocycles. The molecule has 11 heavy (non-hydrogen) atoms. The second-order valence-corrected chi connectivity index (χ2v) is 1.96. The van der Waals surface area contributed by atoms with Crippen molar-refractivity contribution < 1.29 is 4.79 Å². The van der Waals surface area contributed by atoms with E-state index in [9.17, 15) is 4.79 Å². The van der Waals surface area contributed by atoms with E-state index in [0.29, 0.717) is 0 Å². The van der Waals surface area contributed by atoms with Crippen molar-refractivity contribution in [2.45, 2.75) is 6.42 Å². The van der Waals surface area contributed by atoms with Crippen molar-refractivity contribution in [1.82, 2.24) is 4.98 Å². The monoisotopic (exact) mass is 172 g/mol. The van der Waals surface area contributed by atoms with Crippen LogP contribution in [0.2, 0.25) is 0 Å². The Hall–Kier alpha value is -1.09. The van der Waals surface area contributed by atoms with Gasteiger partial charge in [-0.15, -0.1) is 12.4 Å². The molecule has 0 unspecified atom stereocenters. The lowest BCUT2D eigenvalue weighted by Crippen LogP contribution is -2.14. The molecule has 0 aliphatic heterocycles. The first kappa shape index (κ1) is 9.91. The lowest BCUT2D eigenvalue weighted by Gasteiger charge is -1.92. The number of primary amides is 1. The summed E-state index contributed by atoms with van der Waals surface area (Å²) in [5.41, 5.74) is 5.66. The number of rotatable bonds is 2. The molecular formula is C7H9ClN2O. The van der Waals surface area contributed by atoms with Crippen LogP contribution in [0.5, 0.6) is 0 Å². The number of hydrogen-bond donors (Lipinski definition) is 1. The number of nitrogens with zero attached hydrogens (tertiary/aromatic N) is 1. The summed E-state index contributed by atoms with van der Waals surface area (Å²) in [7, 11) is 0. The van der Waals surface area contributed by atoms with E-state index in [0.717, 1.165) is 5.69 Å². The maximum atomic E-state index is 10.4. The van der Waals surface area contributed by atoms with Crippen LogP contribution in [0.1, 0.15) is 5.69 Å². The second kappa shape index (κ2) is 4.68. The second-order valence-electron chi connectivity index (χ2n) is 1.96. The summed E-state index contributed by atoms with van der Waals surface area (Å²) < 4.78 is 0. The highest BCUT2D eigenvalue weighted by Crippen LogP contribution is 1.92. The smallest absolute Gasteiger partial charge is 0.223 e. The van der Waals surface area contributed by atoms with Crippen molar-refractivity contribution in [3.8, 4) is 0 Å². The first-order chi connectivity index (χ1) is 4.79. The molecule has 2 N–H and O–H groups in total. The molecule has 3 nitrogen and oxygen atoms in total. The number of nitrogens with two attached hydrogens (primary N) is 1. The molecule has 1 rings (SSSR count). The van der Waals surface area contributed by atoms with Crippen LogP contribution >= 0.6 is 12.4 Å². The van der Waals surface area contributed by atoms with E-state index in [2.05, 4.69) is 4.98 Å². The maximum Gasteiger partial charge on any atom is 0.223 e. The summed E-state index contributed by atoms with van der Waals surface area (Å²) in [4.78, 5) is 14.3. The molecule has 1 aromatic rings. The molecule has 4 heteroatoms. The molecule has 0 radical (unpaired) electrons. The Kier molecular flexibility index (Phi) is 4.22. The number of carbonyl (C=O) groups excluding carboxylic acids is 1. The molecule has 0 aliphatic rings. The van der Waals surface area contributed by atoms with E-state index in [1.165, 1.54) is 0 Å². The largest absolute Gasteiger partial charge is 0.369 e. The topological polar surface area (TPSA) is 56.0 Å². The Morgan fingerprint density at radius 3 is 2.73 bits per heavy atom. The molecule has 0 bridgehead atoms. The molecule has 1 heterocycles. The highest BCUT2D eigenvalue weighted by molar-refractivity contribution is 5.85. The standard InChI is InChI=1S/C7H8N2O.ClH/c8-7(10)5-6-3-1-2-4-9-6;/h1-4H,5H2,(H2,8,10);1H. The number of carbonyl (C=O) groups is 1. The summed E-state index contributed by atoms with van der Waals surface area (Å²) in [5, 5.41) is 0. The normalized spacial score (nSPS) is 8.36. The summed E-state index contributed by atoms with van der Waals surface area (Å²) >= 11 is 0. The fourth-order valence-corrected chi connectivity index (χ4v) is 0.681. The highest BCUT2D eigenvalue weighted by atomic mass is 35.5. The van der Waals surface area contributed by atoms with E-state index < -0.39 is 0 Å². The molecule has 0 aliphatic carbocycles. The number of hydrogen-bond acceptors (Lipinski definition) is 2. The Morgan fingerprint density at radius 1 is 1.55 bits per heavy atom. The third-order valence-corrected chi connectivity index (χ3v) is 1.08. The van der Waals surface area contributed by atoms with Crippen LogP contribution in [-0.2, 0) is 11.2 Å². The van der Waals surface area contributed by atoms with Gasteiger partial charge < -0.3 is 5.73 Å². The van der Waals surface area contributed by atoms with Crippen molar-refractivity contribution >= 4 is 18.3 Å². The van der Waals surface area contributed by atoms with Crippen molar-refractivity contribution in [3.05, 3.63) is 30.1 Å². The lowest BCUT2D eigenvalue weighted by atomic mass is 10.3. The van der Waals surface area contributed by atoms with Gasteiger partial charge in [0.05, 0.1) is 6.42 Å². The molecule has 0 aromatic carbocycles. The van der Waals surface area contributed by atoms with Crippen LogP contribution in [0.15, 0.2) is 24.4 Å². The van der Waals surface area contributed by atoms with Gasteiger partial charge in [0.1, 0.15) is 0 Å². The zero-order valence-corrected chi connectivity index (χ0v) is 6.67. The molecule has 0 saturated heterocycles. The van der Waals surface area contributed by atoms with E-state index in [1.54, 1.807) is 18.3 Å². The molecular weight excluding hydrogens is 164 g/mol. The number of aromatic nitrogens is 1. The SMILES string of the molecule is Cl.NC(=O)Cc1ccccn1. The van der Waals surface area contributed by atoms with Crippen LogP contribution in [0.3, 0.4) is 0 Å². The minimum absolute atomic E-state index is 0. The van der Waals surface area contributed by atoms with Gasteiger partial charge in [-0.3, -0.25) is 9.78 Å². The van der Waals surface area contributed by atoms with Crippen LogP contribution < -0.4 is 5.73 Å². The first-order valence-electron chi connectivity index (χ1n) is 2.97. The van der Waals surface area contributed by atoms with E-state index in [1.807, 2.05) is 6.07 Å². The first-order valence-corrected chi connectivity index (χ1v) is 2.97. The molecule has 0 atom stereocenters. The van der Waals surface area contributed by atoms with E-state index >= 15 is 0 Å². The summed E-state index contributed by atoms with van der Waals surface area (Å²) in [6, 6.07) is 5.39. The average molecular weight is 173 g/mol. The van der Waals surface area contributed by atoms with Crippen LogP contribution in [0.4, 0.5) is 0 Å². The highest BCUT2D eigenvalue weighted by Gasteiger charge is 1.95. The number of halogens is 1. The van der Waals surface area contributed by atoms with Gasteiger partial charge in [0.2, 0.25) is 5.91 Å². The summed E-state index contributed by atoms with van der Waals surface area (Å²) in [6.07, 6.45) is 1.86. The van der Waals surface area contributed by atoms with Crippen molar-refractivity contribution in [2.75, 3.05) is 0 Å². The van der Waals surface area contributed by atoms with Gasteiger partial charge in [-0.25, -0.2) is 0 Å². The maximum absolute atomic E-state index is 10.4. The van der Waals surface area contributed by atoms with E-state index in [4.69, 9.17) is 5.73 Å². The third-order valence-electron chi connectivity index (χ3n) is 1.08. The van der Waals surface area contributed by atoms with Gasteiger partial charge in [-0.2, -0.15) is 0 Å². The minimum atomic E-state index is -0.348. The third kappa shape index (κ3) is 3.57. The van der Waals surface area contributed by atoms with Gasteiger partial charge in [0, 0.05) is 11.9 Å². The quantitative estimate of drug-likeness (QED) is 0.708. The Bertz CT molecular complexity index is 225. The number of amides is 1. The minimum Gasteiger partial charge on any atom is -0.369 e. The Morgan fingerprint density at radius 2 is 2.27 bits per heavy atom. The fourth-order valence-electron chi connectivity index (χ4n) is 0.681. The Labute approximate surface area is 71.0 Å². The molecule has 1 aromatic heterocycles. The predicted molar refractivity (Wildman–Crippen MR) is 44.4 cm³/mol. The summed E-state index contributed by atoms with van der Waals surface area (Å²) in [6.45, 7) is 0. The zero-order valence-electron chi connectivity index (χ0n) is 5.86. The van der Waals surface area contributed by atoms with Gasteiger partial charge >= 0.3 is 0 Å². The van der Waals surface area contributed by atoms with Crippen molar-refractivity contribution in [1.29, 1.82) is 0 Å². The van der Waals surface area contributed by atoms with Gasteiger partial charge in [-0.05, 0) is 12.1 Å². The van der Waals surface area contributed by atoms with Crippen LogP contribution in [-0.4, -0.2) is 10.9 Å². The van der Waals surface area contributed by atoms with Crippen molar-refractivity contribution in [2.24, 2.45) is 5.73 Å². The van der Waals surface area contributed by atoms with Gasteiger partial charge in [0.25, 0.3) is 0 Å². The Balaban J connectivity index is 0.000001000.